The number of nitrogens with one attached hydrogen (secondary N) is 1. The second-order valence-electron chi connectivity index (χ2n) is 4.27. The summed E-state index contributed by atoms with van der Waals surface area (Å²) >= 11 is 0. The lowest BCUT2D eigenvalue weighted by atomic mass is 10.1. The lowest BCUT2D eigenvalue weighted by molar-refractivity contribution is -0.140. The normalized spacial score (nSPS) is 13.3. The monoisotopic (exact) mass is 309 g/mol. The van der Waals surface area contributed by atoms with Crippen molar-refractivity contribution in [1.29, 1.82) is 0 Å². The van der Waals surface area contributed by atoms with Gasteiger partial charge in [-0.05, 0) is 19.1 Å². The maximum absolute atomic E-state index is 13.8. The number of rotatable bonds is 5. The molecule has 4 nitrogen and oxygen atoms in total. The quantitative estimate of drug-likeness (QED) is 0.672. The molecular weight excluding hydrogens is 294 g/mol. The molecule has 0 aliphatic rings. The Hall–Kier alpha value is -1.67. The average molecular weight is 309 g/mol. The maximum Gasteiger partial charge on any atom is 0.419 e. The highest BCUT2D eigenvalue weighted by Gasteiger charge is 2.36. The Morgan fingerprint density at radius 2 is 1.81 bits per heavy atom. The van der Waals surface area contributed by atoms with Crippen LogP contribution in [0.1, 0.15) is 22.8 Å². The van der Waals surface area contributed by atoms with Crippen LogP contribution in [0.5, 0.6) is 0 Å². The van der Waals surface area contributed by atoms with Crippen molar-refractivity contribution in [3.63, 3.8) is 0 Å². The fourth-order valence-electron chi connectivity index (χ4n) is 1.78. The van der Waals surface area contributed by atoms with Crippen LogP contribution in [0.2, 0.25) is 0 Å². The molecule has 1 N–H and O–H groups in total. The first kappa shape index (κ1) is 17.4. The topological polar surface area (TPSA) is 47.6 Å². The van der Waals surface area contributed by atoms with Gasteiger partial charge in [0.2, 0.25) is 0 Å². The molecule has 1 unspecified atom stereocenters. The summed E-state index contributed by atoms with van der Waals surface area (Å²) < 4.78 is 61.3. The van der Waals surface area contributed by atoms with Crippen LogP contribution in [0, 0.1) is 5.82 Å². The van der Waals surface area contributed by atoms with E-state index in [1.807, 2.05) is 0 Å². The molecule has 8 heteroatoms. The Labute approximate surface area is 119 Å². The molecule has 1 aromatic rings. The van der Waals surface area contributed by atoms with Gasteiger partial charge in [0, 0.05) is 14.2 Å². The molecule has 0 saturated carbocycles. The van der Waals surface area contributed by atoms with Crippen molar-refractivity contribution in [2.24, 2.45) is 0 Å². The lowest BCUT2D eigenvalue weighted by Crippen LogP contribution is -2.43. The Morgan fingerprint density at radius 3 is 2.29 bits per heavy atom. The highest BCUT2D eigenvalue weighted by molar-refractivity contribution is 5.94. The molecule has 0 heterocycles. The van der Waals surface area contributed by atoms with E-state index >= 15 is 0 Å². The summed E-state index contributed by atoms with van der Waals surface area (Å²) in [7, 11) is 2.67. The highest BCUT2D eigenvalue weighted by Crippen LogP contribution is 2.32. The summed E-state index contributed by atoms with van der Waals surface area (Å²) in [5.41, 5.74) is -2.18. The Balaban J connectivity index is 2.99. The van der Waals surface area contributed by atoms with Crippen molar-refractivity contribution in [3.05, 3.63) is 35.1 Å². The first-order valence-electron chi connectivity index (χ1n) is 5.94. The second kappa shape index (κ2) is 6.86. The van der Waals surface area contributed by atoms with Gasteiger partial charge in [-0.1, -0.05) is 6.07 Å². The van der Waals surface area contributed by atoms with E-state index in [-0.39, 0.29) is 0 Å². The van der Waals surface area contributed by atoms with Gasteiger partial charge in [-0.3, -0.25) is 4.79 Å². The second-order valence-corrected chi connectivity index (χ2v) is 4.27. The molecule has 1 atom stereocenters. The SMILES string of the molecule is COC(OC)C(C)NC(=O)c1cccc(C(F)(F)F)c1F. The van der Waals surface area contributed by atoms with Gasteiger partial charge in [0.25, 0.3) is 5.91 Å². The number of carbonyl (C=O) groups is 1. The minimum Gasteiger partial charge on any atom is -0.354 e. The van der Waals surface area contributed by atoms with Crippen LogP contribution in [0.15, 0.2) is 18.2 Å². The van der Waals surface area contributed by atoms with Gasteiger partial charge in [0.15, 0.2) is 6.29 Å². The van der Waals surface area contributed by atoms with Crippen LogP contribution in [0.25, 0.3) is 0 Å². The molecule has 1 amide bonds. The van der Waals surface area contributed by atoms with Crippen LogP contribution in [0.3, 0.4) is 0 Å². The Kier molecular flexibility index (Phi) is 5.68. The molecule has 1 rings (SSSR count). The molecule has 0 aromatic heterocycles. The Bertz CT molecular complexity index is 501. The van der Waals surface area contributed by atoms with Gasteiger partial charge < -0.3 is 14.8 Å². The molecule has 0 aliphatic heterocycles. The van der Waals surface area contributed by atoms with Crippen LogP contribution in [-0.2, 0) is 15.7 Å². The summed E-state index contributed by atoms with van der Waals surface area (Å²) in [4.78, 5) is 11.9. The number of amides is 1. The molecule has 0 spiro atoms. The molecule has 0 fully saturated rings. The third kappa shape index (κ3) is 4.15. The van der Waals surface area contributed by atoms with E-state index in [1.54, 1.807) is 0 Å². The van der Waals surface area contributed by atoms with Crippen LogP contribution >= 0.6 is 0 Å². The molecule has 0 aliphatic carbocycles. The summed E-state index contributed by atoms with van der Waals surface area (Å²) in [6.07, 6.45) is -5.67. The zero-order valence-electron chi connectivity index (χ0n) is 11.6. The Morgan fingerprint density at radius 1 is 1.24 bits per heavy atom. The van der Waals surface area contributed by atoms with E-state index in [1.165, 1.54) is 21.1 Å². The van der Waals surface area contributed by atoms with Gasteiger partial charge in [-0.2, -0.15) is 13.2 Å². The summed E-state index contributed by atoms with van der Waals surface area (Å²) in [5.74, 6) is -2.59. The molecule has 0 bridgehead atoms. The third-order valence-electron chi connectivity index (χ3n) is 2.78. The minimum absolute atomic E-state index is 0.572. The van der Waals surface area contributed by atoms with Crippen LogP contribution < -0.4 is 5.32 Å². The van der Waals surface area contributed by atoms with Gasteiger partial charge in [-0.15, -0.1) is 0 Å². The maximum atomic E-state index is 13.8. The number of carbonyl (C=O) groups excluding carboxylic acids is 1. The number of ether oxygens (including phenoxy) is 2. The van der Waals surface area contributed by atoms with Crippen molar-refractivity contribution in [2.75, 3.05) is 14.2 Å². The smallest absolute Gasteiger partial charge is 0.354 e. The number of hydrogen-bond acceptors (Lipinski definition) is 3. The zero-order chi connectivity index (χ0) is 16.2. The van der Waals surface area contributed by atoms with Crippen molar-refractivity contribution >= 4 is 5.91 Å². The third-order valence-corrected chi connectivity index (χ3v) is 2.78. The predicted octanol–water partition coefficient (Wildman–Crippen LogP) is 2.58. The van der Waals surface area contributed by atoms with Gasteiger partial charge in [0.1, 0.15) is 5.82 Å². The van der Waals surface area contributed by atoms with Crippen molar-refractivity contribution < 1.29 is 31.8 Å². The number of hydrogen-bond donors (Lipinski definition) is 1. The summed E-state index contributed by atoms with van der Waals surface area (Å²) in [6, 6.07) is 1.83. The van der Waals surface area contributed by atoms with Gasteiger partial charge in [0.05, 0.1) is 17.2 Å². The van der Waals surface area contributed by atoms with Crippen molar-refractivity contribution in [2.45, 2.75) is 25.4 Å². The van der Waals surface area contributed by atoms with E-state index in [2.05, 4.69) is 5.32 Å². The van der Waals surface area contributed by atoms with Gasteiger partial charge >= 0.3 is 6.18 Å². The predicted molar refractivity (Wildman–Crippen MR) is 66.1 cm³/mol. The minimum atomic E-state index is -4.87. The largest absolute Gasteiger partial charge is 0.419 e. The zero-order valence-corrected chi connectivity index (χ0v) is 11.6. The molecular formula is C13H15F4NO3. The molecule has 21 heavy (non-hydrogen) atoms. The van der Waals surface area contributed by atoms with Gasteiger partial charge in [-0.25, -0.2) is 4.39 Å². The molecule has 0 saturated heterocycles. The first-order chi connectivity index (χ1) is 9.72. The fourth-order valence-corrected chi connectivity index (χ4v) is 1.78. The van der Waals surface area contributed by atoms with E-state index < -0.39 is 41.4 Å². The van der Waals surface area contributed by atoms with Crippen molar-refractivity contribution in [3.8, 4) is 0 Å². The van der Waals surface area contributed by atoms with E-state index in [0.29, 0.717) is 6.07 Å². The number of alkyl halides is 3. The summed E-state index contributed by atoms with van der Waals surface area (Å²) in [6.45, 7) is 1.51. The van der Waals surface area contributed by atoms with E-state index in [4.69, 9.17) is 9.47 Å². The molecule has 1 aromatic carbocycles. The number of halogens is 4. The first-order valence-corrected chi connectivity index (χ1v) is 5.94. The van der Waals surface area contributed by atoms with E-state index in [9.17, 15) is 22.4 Å². The van der Waals surface area contributed by atoms with E-state index in [0.717, 1.165) is 12.1 Å². The fraction of sp³-hybridized carbons (Fsp3) is 0.462. The number of benzene rings is 1. The molecule has 0 radical (unpaired) electrons. The summed E-state index contributed by atoms with van der Waals surface area (Å²) in [5, 5.41) is 2.32. The van der Waals surface area contributed by atoms with Crippen LogP contribution in [0.4, 0.5) is 17.6 Å². The van der Waals surface area contributed by atoms with Crippen LogP contribution in [-0.4, -0.2) is 32.5 Å². The molecule has 118 valence electrons. The standard InChI is InChI=1S/C13H15F4NO3/c1-7(12(20-2)21-3)18-11(19)8-5-4-6-9(10(8)14)13(15,16)17/h4-7,12H,1-3H3,(H,18,19). The average Bonchev–Trinajstić information content (AvgIpc) is 2.38. The lowest BCUT2D eigenvalue weighted by Gasteiger charge is -2.22. The van der Waals surface area contributed by atoms with Crippen molar-refractivity contribution in [1.82, 2.24) is 5.32 Å². The number of methoxy groups -OCH3 is 2. The highest BCUT2D eigenvalue weighted by atomic mass is 19.4.